The van der Waals surface area contributed by atoms with Gasteiger partial charge in [0.25, 0.3) is 0 Å². The smallest absolute Gasteiger partial charge is 0.327 e. The molecule has 7 nitrogen and oxygen atoms in total. The van der Waals surface area contributed by atoms with Gasteiger partial charge in [-0.25, -0.2) is 0 Å². The van der Waals surface area contributed by atoms with Gasteiger partial charge in [0.1, 0.15) is 5.58 Å². The lowest BCUT2D eigenvalue weighted by Gasteiger charge is -2.09. The lowest BCUT2D eigenvalue weighted by Crippen LogP contribution is -2.50. The maximum atomic E-state index is 12.1. The molecule has 0 aliphatic rings. The second kappa shape index (κ2) is 7.26. The van der Waals surface area contributed by atoms with Crippen molar-refractivity contribution < 1.29 is 18.8 Å². The largest absolute Gasteiger partial charge is 0.464 e. The van der Waals surface area contributed by atoms with Crippen molar-refractivity contribution in [2.24, 2.45) is 0 Å². The first-order valence-corrected chi connectivity index (χ1v) is 8.23. The predicted octanol–water partition coefficient (Wildman–Crippen LogP) is 1.80. The van der Waals surface area contributed by atoms with Crippen molar-refractivity contribution in [1.82, 2.24) is 16.2 Å². The average molecular weight is 353 g/mol. The normalized spacial score (nSPS) is 10.9. The predicted molar refractivity (Wildman–Crippen MR) is 97.0 cm³/mol. The molecule has 0 aliphatic heterocycles. The van der Waals surface area contributed by atoms with E-state index >= 15 is 0 Å². The number of hydrogen-bond acceptors (Lipinski definition) is 4. The Hall–Kier alpha value is -3.35. The highest BCUT2D eigenvalue weighted by atomic mass is 16.3. The minimum atomic E-state index is -0.922. The van der Waals surface area contributed by atoms with Crippen molar-refractivity contribution in [1.29, 1.82) is 0 Å². The molecule has 1 aromatic heterocycles. The number of amides is 3. The fourth-order valence-corrected chi connectivity index (χ4v) is 2.73. The van der Waals surface area contributed by atoms with Crippen molar-refractivity contribution in [3.05, 3.63) is 48.2 Å². The average Bonchev–Trinajstić information content (AvgIpc) is 3.02. The first kappa shape index (κ1) is 17.5. The highest BCUT2D eigenvalue weighted by Crippen LogP contribution is 2.29. The van der Waals surface area contributed by atoms with E-state index in [1.807, 2.05) is 36.4 Å². The molecule has 0 aliphatic carbocycles. The van der Waals surface area contributed by atoms with Gasteiger partial charge in [0.05, 0.1) is 12.7 Å². The molecule has 0 atom stereocenters. The van der Waals surface area contributed by atoms with Crippen molar-refractivity contribution in [2.75, 3.05) is 0 Å². The van der Waals surface area contributed by atoms with Crippen LogP contribution < -0.4 is 16.2 Å². The Morgan fingerprint density at radius 3 is 2.54 bits per heavy atom. The number of benzene rings is 2. The van der Waals surface area contributed by atoms with Crippen LogP contribution >= 0.6 is 0 Å². The summed E-state index contributed by atoms with van der Waals surface area (Å²) in [5.41, 5.74) is 5.74. The Labute approximate surface area is 149 Å². The monoisotopic (exact) mass is 353 g/mol. The van der Waals surface area contributed by atoms with Gasteiger partial charge in [0, 0.05) is 17.0 Å². The Bertz CT molecular complexity index is 991. The zero-order chi connectivity index (χ0) is 18.7. The van der Waals surface area contributed by atoms with Gasteiger partial charge in [-0.2, -0.15) is 0 Å². The second-order valence-corrected chi connectivity index (χ2v) is 6.23. The summed E-state index contributed by atoms with van der Waals surface area (Å²) in [7, 11) is 0. The maximum Gasteiger partial charge on any atom is 0.327 e. The second-order valence-electron chi connectivity index (χ2n) is 6.23. The van der Waals surface area contributed by atoms with E-state index in [0.717, 1.165) is 16.2 Å². The fraction of sp³-hybridized carbons (Fsp3) is 0.211. The zero-order valence-electron chi connectivity index (χ0n) is 14.5. The van der Waals surface area contributed by atoms with E-state index < -0.39 is 17.7 Å². The molecule has 0 unspecified atom stereocenters. The lowest BCUT2D eigenvalue weighted by molar-refractivity contribution is -0.141. The van der Waals surface area contributed by atoms with Gasteiger partial charge in [-0.15, -0.1) is 0 Å². The van der Waals surface area contributed by atoms with Gasteiger partial charge in [-0.1, -0.05) is 30.3 Å². The van der Waals surface area contributed by atoms with Gasteiger partial charge >= 0.3 is 11.8 Å². The molecule has 26 heavy (non-hydrogen) atoms. The van der Waals surface area contributed by atoms with Crippen LogP contribution in [0.5, 0.6) is 0 Å². The van der Waals surface area contributed by atoms with Gasteiger partial charge in [-0.3, -0.25) is 25.2 Å². The van der Waals surface area contributed by atoms with E-state index in [0.29, 0.717) is 11.1 Å². The molecule has 1 heterocycles. The number of fused-ring (bicyclic) bond motifs is 3. The Morgan fingerprint density at radius 2 is 1.77 bits per heavy atom. The van der Waals surface area contributed by atoms with Crippen LogP contribution in [0.25, 0.3) is 21.7 Å². The fourth-order valence-electron chi connectivity index (χ4n) is 2.73. The summed E-state index contributed by atoms with van der Waals surface area (Å²) in [6.45, 7) is 3.47. The van der Waals surface area contributed by atoms with Gasteiger partial charge in [0.2, 0.25) is 5.91 Å². The van der Waals surface area contributed by atoms with Crippen LogP contribution in [0.2, 0.25) is 0 Å². The van der Waals surface area contributed by atoms with Gasteiger partial charge in [0.15, 0.2) is 0 Å². The molecule has 134 valence electrons. The minimum Gasteiger partial charge on any atom is -0.464 e. The summed E-state index contributed by atoms with van der Waals surface area (Å²) in [5, 5.41) is 5.33. The molecular formula is C19H19N3O4. The molecule has 3 amide bonds. The van der Waals surface area contributed by atoms with Crippen molar-refractivity contribution in [3.8, 4) is 0 Å². The van der Waals surface area contributed by atoms with Crippen molar-refractivity contribution in [3.63, 3.8) is 0 Å². The maximum absolute atomic E-state index is 12.1. The number of hydrogen-bond donors (Lipinski definition) is 3. The van der Waals surface area contributed by atoms with Crippen LogP contribution in [0.15, 0.2) is 47.1 Å². The summed E-state index contributed by atoms with van der Waals surface area (Å²) in [4.78, 5) is 35.3. The van der Waals surface area contributed by atoms with E-state index in [1.165, 1.54) is 6.26 Å². The molecule has 0 spiro atoms. The minimum absolute atomic E-state index is 0.00703. The van der Waals surface area contributed by atoms with E-state index in [-0.39, 0.29) is 12.5 Å². The SMILES string of the molecule is CC(C)NC(=O)C(=O)NNC(=O)Cc1coc2ccc3ccccc3c12. The van der Waals surface area contributed by atoms with E-state index in [4.69, 9.17) is 4.42 Å². The van der Waals surface area contributed by atoms with Crippen LogP contribution in [0.3, 0.4) is 0 Å². The van der Waals surface area contributed by atoms with E-state index in [9.17, 15) is 14.4 Å². The number of carbonyl (C=O) groups excluding carboxylic acids is 3. The molecule has 2 aromatic carbocycles. The van der Waals surface area contributed by atoms with Gasteiger partial charge < -0.3 is 9.73 Å². The summed E-state index contributed by atoms with van der Waals surface area (Å²) >= 11 is 0. The number of hydrazine groups is 1. The number of carbonyl (C=O) groups is 3. The third kappa shape index (κ3) is 3.66. The van der Waals surface area contributed by atoms with Crippen LogP contribution in [-0.4, -0.2) is 23.8 Å². The summed E-state index contributed by atoms with van der Waals surface area (Å²) < 4.78 is 5.53. The van der Waals surface area contributed by atoms with Crippen molar-refractivity contribution in [2.45, 2.75) is 26.3 Å². The Morgan fingerprint density at radius 1 is 1.00 bits per heavy atom. The molecule has 3 rings (SSSR count). The number of rotatable bonds is 3. The Balaban J connectivity index is 1.71. The van der Waals surface area contributed by atoms with E-state index in [2.05, 4.69) is 16.2 Å². The third-order valence-corrected chi connectivity index (χ3v) is 3.83. The van der Waals surface area contributed by atoms with Crippen LogP contribution in [-0.2, 0) is 20.8 Å². The highest BCUT2D eigenvalue weighted by Gasteiger charge is 2.17. The number of furan rings is 1. The van der Waals surface area contributed by atoms with Crippen LogP contribution in [0.4, 0.5) is 0 Å². The molecule has 0 radical (unpaired) electrons. The molecular weight excluding hydrogens is 334 g/mol. The van der Waals surface area contributed by atoms with Crippen molar-refractivity contribution >= 4 is 39.5 Å². The van der Waals surface area contributed by atoms with E-state index in [1.54, 1.807) is 13.8 Å². The first-order valence-electron chi connectivity index (χ1n) is 8.23. The summed E-state index contributed by atoms with van der Waals surface area (Å²) in [5.74, 6) is -2.18. The van der Waals surface area contributed by atoms with Crippen LogP contribution in [0, 0.1) is 0 Å². The zero-order valence-corrected chi connectivity index (χ0v) is 14.5. The van der Waals surface area contributed by atoms with Crippen LogP contribution in [0.1, 0.15) is 19.4 Å². The molecule has 0 fully saturated rings. The summed E-state index contributed by atoms with van der Waals surface area (Å²) in [6, 6.07) is 11.5. The standard InChI is InChI=1S/C19H19N3O4/c1-11(2)20-18(24)19(25)22-21-16(23)9-13-10-26-15-8-7-12-5-3-4-6-14(12)17(13)15/h3-8,10-11H,9H2,1-2H3,(H,20,24)(H,21,23)(H,22,25). The number of nitrogens with one attached hydrogen (secondary N) is 3. The summed E-state index contributed by atoms with van der Waals surface area (Å²) in [6.07, 6.45) is 1.54. The molecule has 0 saturated carbocycles. The first-order chi connectivity index (χ1) is 12.5. The molecule has 3 N–H and O–H groups in total. The quantitative estimate of drug-likeness (QED) is 0.494. The topological polar surface area (TPSA) is 100 Å². The third-order valence-electron chi connectivity index (χ3n) is 3.83. The van der Waals surface area contributed by atoms with Gasteiger partial charge in [-0.05, 0) is 30.7 Å². The molecule has 3 aromatic rings. The molecule has 0 saturated heterocycles. The Kier molecular flexibility index (Phi) is 4.88. The highest BCUT2D eigenvalue weighted by molar-refractivity contribution is 6.35. The molecule has 7 heteroatoms. The molecule has 0 bridgehead atoms. The lowest BCUT2D eigenvalue weighted by atomic mass is 10.0.